The summed E-state index contributed by atoms with van der Waals surface area (Å²) in [6, 6.07) is 8.76. The highest BCUT2D eigenvalue weighted by molar-refractivity contribution is 7.85. The van der Waals surface area contributed by atoms with E-state index < -0.39 is 141 Å². The Balaban J connectivity index is 1.48. The summed E-state index contributed by atoms with van der Waals surface area (Å²) in [6.07, 6.45) is 0.725. The molecule has 0 unspecified atom stereocenters. The summed E-state index contributed by atoms with van der Waals surface area (Å²) in [5.41, 5.74) is 0.716. The molecule has 8 atom stereocenters. The molecule has 592 valence electrons. The highest BCUT2D eigenvalue weighted by Gasteiger charge is 2.48. The normalized spacial score (nSPS) is 18.8. The highest BCUT2D eigenvalue weighted by atomic mass is 35.5. The van der Waals surface area contributed by atoms with Crippen LogP contribution in [0.25, 0.3) is 0 Å². The number of ether oxygens (including phenoxy) is 9. The highest BCUT2D eigenvalue weighted by Crippen LogP contribution is 2.45. The molecule has 0 bridgehead atoms. The molecule has 2 aliphatic heterocycles. The number of rotatable bonds is 46. The van der Waals surface area contributed by atoms with Gasteiger partial charge in [-0.05, 0) is 86.3 Å². The largest absolute Gasteiger partial charge is 0.495 e. The van der Waals surface area contributed by atoms with Crippen molar-refractivity contribution in [3.05, 3.63) is 89.0 Å². The fraction of sp³-hybridized carbons (Fsp3) is 0.630. The molecule has 2 aromatic rings. The summed E-state index contributed by atoms with van der Waals surface area (Å²) in [7, 11) is -1.30. The van der Waals surface area contributed by atoms with Gasteiger partial charge in [0.05, 0.1) is 82.1 Å². The van der Waals surface area contributed by atoms with Crippen LogP contribution in [0.1, 0.15) is 135 Å². The number of hydrogen-bond donors (Lipinski definition) is 8. The van der Waals surface area contributed by atoms with Gasteiger partial charge in [0.25, 0.3) is 10.1 Å². The van der Waals surface area contributed by atoms with Crippen molar-refractivity contribution in [3.8, 4) is 5.75 Å². The van der Waals surface area contributed by atoms with Gasteiger partial charge < -0.3 is 84.7 Å². The van der Waals surface area contributed by atoms with Crippen LogP contribution >= 0.6 is 11.6 Å². The lowest BCUT2D eigenvalue weighted by atomic mass is 9.92. The fourth-order valence-electron chi connectivity index (χ4n) is 10.7. The van der Waals surface area contributed by atoms with Gasteiger partial charge in [-0.1, -0.05) is 95.3 Å². The van der Waals surface area contributed by atoms with Crippen LogP contribution in [0, 0.1) is 23.2 Å². The smallest absolute Gasteiger partial charge is 0.347 e. The third-order valence-electron chi connectivity index (χ3n) is 17.0. The zero-order valence-corrected chi connectivity index (χ0v) is 63.9. The minimum Gasteiger partial charge on any atom is -0.495 e. The number of amides is 8. The minimum atomic E-state index is -4.36. The number of unbranched alkanes of at least 4 members (excludes halogenated alkanes) is 1. The summed E-state index contributed by atoms with van der Waals surface area (Å²) >= 11 is 6.41. The second kappa shape index (κ2) is 47.5. The second-order valence-electron chi connectivity index (χ2n) is 27.1. The van der Waals surface area contributed by atoms with Crippen molar-refractivity contribution < 1.29 is 108 Å². The molecule has 0 radical (unpaired) electrons. The Morgan fingerprint density at radius 2 is 1.42 bits per heavy atom. The molecular weight excluding hydrogens is 1420 g/mol. The summed E-state index contributed by atoms with van der Waals surface area (Å²) < 4.78 is 81.1. The molecule has 0 saturated carbocycles. The Bertz CT molecular complexity index is 3360. The van der Waals surface area contributed by atoms with Crippen molar-refractivity contribution in [3.63, 3.8) is 0 Å². The average Bonchev–Trinajstić information content (AvgIpc) is 1.62. The number of esters is 3. The Labute approximate surface area is 626 Å². The second-order valence-corrected chi connectivity index (χ2v) is 29.1. The van der Waals surface area contributed by atoms with Gasteiger partial charge in [0.1, 0.15) is 42.7 Å². The number of nitrogens with one attached hydrogen (secondary N) is 7. The van der Waals surface area contributed by atoms with Crippen molar-refractivity contribution in [1.82, 2.24) is 42.1 Å². The maximum absolute atomic E-state index is 14.3. The summed E-state index contributed by atoms with van der Waals surface area (Å²) in [4.78, 5) is 150. The molecule has 4 rings (SSSR count). The number of epoxide rings is 1. The summed E-state index contributed by atoms with van der Waals surface area (Å²) in [6.45, 7) is 17.2. The van der Waals surface area contributed by atoms with E-state index in [2.05, 4.69) is 43.8 Å². The van der Waals surface area contributed by atoms with Crippen LogP contribution in [0.2, 0.25) is 5.02 Å². The molecule has 0 aromatic heterocycles. The lowest BCUT2D eigenvalue weighted by Crippen LogP contribution is -2.55. The SMILES string of the molecule is C=CCOC(=O)CCN(CCC(=O)N[C@H](C(=O)N[C@@H](CCCCNC(=O)CCOCCOCCOCCOC)C(=O)NCc1ccc([C@H]2O[C@@H]2[C@@H](C)[C@@H]2C/C=C/C(=O)N[C@H](Cc3ccc(OC)c(Cl)c3)C(=O)NCC(C)(C)C(=O)O[C@@H](CC(C)C)C(=O)O2)cc1)C(C)C)C(=O)CCC(=O)NCCS(=O)(=O)O. The molecule has 33 heteroatoms. The zero-order chi connectivity index (χ0) is 78.4. The first-order chi connectivity index (χ1) is 50.3. The van der Waals surface area contributed by atoms with Gasteiger partial charge in [-0.15, -0.1) is 0 Å². The van der Waals surface area contributed by atoms with Gasteiger partial charge in [-0.2, -0.15) is 8.42 Å². The van der Waals surface area contributed by atoms with E-state index in [0.29, 0.717) is 67.8 Å². The topological polar surface area (TPSA) is 416 Å². The predicted molar refractivity (Wildman–Crippen MR) is 389 cm³/mol. The molecule has 2 aromatic carbocycles. The first-order valence-corrected chi connectivity index (χ1v) is 37.7. The summed E-state index contributed by atoms with van der Waals surface area (Å²) in [5, 5.41) is 19.4. The fourth-order valence-corrected chi connectivity index (χ4v) is 11.4. The molecule has 1 fully saturated rings. The number of carbonyl (C=O) groups is 11. The number of hydrogen-bond acceptors (Lipinski definition) is 22. The Kier molecular flexibility index (Phi) is 40.5. The Hall–Kier alpha value is -8.11. The number of cyclic esters (lactones) is 2. The maximum Gasteiger partial charge on any atom is 0.347 e. The van der Waals surface area contributed by atoms with Crippen molar-refractivity contribution >= 4 is 86.9 Å². The van der Waals surface area contributed by atoms with Crippen LogP contribution in [0.4, 0.5) is 0 Å². The zero-order valence-electron chi connectivity index (χ0n) is 62.3. The number of halogens is 1. The maximum atomic E-state index is 14.3. The number of benzene rings is 2. The van der Waals surface area contributed by atoms with Gasteiger partial charge in [-0.25, -0.2) is 4.79 Å². The average molecular weight is 1530 g/mol. The van der Waals surface area contributed by atoms with E-state index in [4.69, 9.17) is 58.8 Å². The van der Waals surface area contributed by atoms with E-state index in [-0.39, 0.29) is 122 Å². The first kappa shape index (κ1) is 90.3. The molecule has 31 nitrogen and oxygen atoms in total. The van der Waals surface area contributed by atoms with E-state index in [1.54, 1.807) is 65.1 Å². The van der Waals surface area contributed by atoms with Crippen LogP contribution in [-0.4, -0.2) is 225 Å². The minimum absolute atomic E-state index is 0.00708. The quantitative estimate of drug-likeness (QED) is 0.0116. The number of carbonyl (C=O) groups excluding carboxylic acids is 11. The first-order valence-electron chi connectivity index (χ1n) is 35.7. The van der Waals surface area contributed by atoms with E-state index in [9.17, 15) is 61.2 Å². The van der Waals surface area contributed by atoms with Crippen LogP contribution < -0.4 is 42.0 Å². The van der Waals surface area contributed by atoms with E-state index in [1.807, 2.05) is 32.9 Å². The third kappa shape index (κ3) is 35.1. The van der Waals surface area contributed by atoms with Crippen molar-refractivity contribution in [2.75, 3.05) is 106 Å². The Morgan fingerprint density at radius 3 is 2.07 bits per heavy atom. The van der Waals surface area contributed by atoms with Crippen LogP contribution in [-0.2, 0) is 114 Å². The monoisotopic (exact) mass is 1530 g/mol. The number of methoxy groups -OCH3 is 2. The van der Waals surface area contributed by atoms with E-state index >= 15 is 0 Å². The Morgan fingerprint density at radius 1 is 0.774 bits per heavy atom. The number of nitrogens with zero attached hydrogens (tertiary/aromatic N) is 1. The van der Waals surface area contributed by atoms with Crippen LogP contribution in [0.15, 0.2) is 67.3 Å². The van der Waals surface area contributed by atoms with Gasteiger partial charge in [0.2, 0.25) is 47.3 Å². The molecule has 1 saturated heterocycles. The van der Waals surface area contributed by atoms with Gasteiger partial charge in [-0.3, -0.25) is 52.5 Å². The molecule has 2 heterocycles. The molecule has 0 spiro atoms. The molecule has 0 aliphatic carbocycles. The standard InChI is InChI=1S/C73H109ClN8O23S/c1-11-33-102-64(88)27-32-82(63(87)25-24-59(83)76-30-41-106(94,95)96)31-26-62(86)81-65(48(4)5)70(91)80-54(15-12-13-29-75-60(84)28-34-99-37-38-101-40-39-100-36-35-97-9)68(89)77-45-50-18-21-52(22-19-50)67-66(105-67)49(6)56-16-14-17-61(85)79-55(44-51-20-23-57(98-10)53(74)43-51)69(90)78-46-73(7,8)72(93)104-58(42-47(2)3)71(92)103-56/h11,14,17-23,43,47-49,54-56,58,65-67H,1,12-13,15-16,24-42,44-46H2,2-10H3,(H,75,84)(H,76,83)(H,77,89)(H,78,90)(H,79,85)(H,80,91)(H,81,86)(H,94,95,96)/b17-14+/t49-,54-,55+,56-,58-,65-,66+,67+/m0/s1. The predicted octanol–water partition coefficient (Wildman–Crippen LogP) is 3.86. The molecule has 8 N–H and O–H groups in total. The lowest BCUT2D eigenvalue weighted by Gasteiger charge is -2.29. The van der Waals surface area contributed by atoms with Crippen LogP contribution in [0.3, 0.4) is 0 Å². The van der Waals surface area contributed by atoms with Gasteiger partial charge >= 0.3 is 17.9 Å². The van der Waals surface area contributed by atoms with E-state index in [0.717, 1.165) is 5.56 Å². The third-order valence-corrected chi connectivity index (χ3v) is 18.0. The summed E-state index contributed by atoms with van der Waals surface area (Å²) in [5.74, 6) is -8.36. The van der Waals surface area contributed by atoms with Gasteiger partial charge in [0.15, 0.2) is 6.10 Å². The molecule has 2 aliphatic rings. The molecule has 106 heavy (non-hydrogen) atoms. The molecule has 8 amide bonds. The van der Waals surface area contributed by atoms with Crippen LogP contribution in [0.5, 0.6) is 5.75 Å². The van der Waals surface area contributed by atoms with Crippen molar-refractivity contribution in [2.24, 2.45) is 23.2 Å². The van der Waals surface area contributed by atoms with Crippen molar-refractivity contribution in [1.29, 1.82) is 0 Å². The van der Waals surface area contributed by atoms with Crippen molar-refractivity contribution in [2.45, 2.75) is 168 Å². The van der Waals surface area contributed by atoms with E-state index in [1.165, 1.54) is 30.2 Å². The van der Waals surface area contributed by atoms with Gasteiger partial charge in [0, 0.05) is 90.8 Å². The lowest BCUT2D eigenvalue weighted by molar-refractivity contribution is -0.179. The molecular formula is C73H109ClN8O23S.